The van der Waals surface area contributed by atoms with E-state index in [1.165, 1.54) is 0 Å². The predicted octanol–water partition coefficient (Wildman–Crippen LogP) is 3.62. The first-order valence-electron chi connectivity index (χ1n) is 5.04. The molecule has 2 nitrogen and oxygen atoms in total. The number of nitrogens with zero attached hydrogens (tertiary/aromatic N) is 1. The fourth-order valence-electron chi connectivity index (χ4n) is 1.36. The van der Waals surface area contributed by atoms with Gasteiger partial charge in [-0.25, -0.2) is 4.98 Å². The topological polar surface area (TPSA) is 22.1 Å². The maximum Gasteiger partial charge on any atom is 0.171 e. The normalized spacial score (nSPS) is 10.1. The molecule has 0 N–H and O–H groups in total. The quantitative estimate of drug-likeness (QED) is 0.756. The van der Waals surface area contributed by atoms with E-state index < -0.39 is 0 Å². The summed E-state index contributed by atoms with van der Waals surface area (Å²) in [5.41, 5.74) is 2.15. The summed E-state index contributed by atoms with van der Waals surface area (Å²) in [5.74, 6) is 0.630. The minimum Gasteiger partial charge on any atom is -0.486 e. The molecule has 0 bridgehead atoms. The number of benzene rings is 1. The van der Waals surface area contributed by atoms with E-state index in [0.29, 0.717) is 17.5 Å². The van der Waals surface area contributed by atoms with Crippen LogP contribution < -0.4 is 4.74 Å². The van der Waals surface area contributed by atoms with Crippen molar-refractivity contribution in [3.05, 3.63) is 58.9 Å². The van der Waals surface area contributed by atoms with Gasteiger partial charge in [0.1, 0.15) is 6.61 Å². The van der Waals surface area contributed by atoms with Gasteiger partial charge in [-0.2, -0.15) is 0 Å². The van der Waals surface area contributed by atoms with E-state index in [0.717, 1.165) is 11.1 Å². The van der Waals surface area contributed by atoms with Crippen LogP contribution in [0, 0.1) is 6.92 Å². The Labute approximate surface area is 99.9 Å². The molecule has 0 aliphatic carbocycles. The summed E-state index contributed by atoms with van der Waals surface area (Å²) in [6.07, 6.45) is 1.72. The van der Waals surface area contributed by atoms with E-state index in [9.17, 15) is 0 Å². The van der Waals surface area contributed by atoms with Crippen molar-refractivity contribution in [3.8, 4) is 5.75 Å². The zero-order chi connectivity index (χ0) is 11.4. The molecule has 0 aliphatic rings. The summed E-state index contributed by atoms with van der Waals surface area (Å²) in [6, 6.07) is 11.8. The van der Waals surface area contributed by atoms with E-state index in [1.54, 1.807) is 6.20 Å². The molecule has 0 saturated heterocycles. The Morgan fingerprint density at radius 3 is 2.75 bits per heavy atom. The smallest absolute Gasteiger partial charge is 0.171 e. The van der Waals surface area contributed by atoms with Crippen LogP contribution in [0.15, 0.2) is 42.6 Å². The van der Waals surface area contributed by atoms with E-state index in [4.69, 9.17) is 16.3 Å². The molecule has 0 spiro atoms. The maximum absolute atomic E-state index is 5.93. The summed E-state index contributed by atoms with van der Waals surface area (Å²) in [5, 5.41) is 0.404. The SMILES string of the molecule is Cc1cnc(Cl)c(OCc2ccccc2)c1. The van der Waals surface area contributed by atoms with Crippen LogP contribution in [0.3, 0.4) is 0 Å². The van der Waals surface area contributed by atoms with Gasteiger partial charge in [-0.3, -0.25) is 0 Å². The molecule has 0 amide bonds. The molecule has 1 aromatic carbocycles. The van der Waals surface area contributed by atoms with Crippen molar-refractivity contribution in [1.29, 1.82) is 0 Å². The van der Waals surface area contributed by atoms with Gasteiger partial charge in [0, 0.05) is 6.20 Å². The van der Waals surface area contributed by atoms with Crippen molar-refractivity contribution < 1.29 is 4.74 Å². The van der Waals surface area contributed by atoms with E-state index in [1.807, 2.05) is 43.3 Å². The van der Waals surface area contributed by atoms with Crippen molar-refractivity contribution in [3.63, 3.8) is 0 Å². The van der Waals surface area contributed by atoms with Crippen LogP contribution >= 0.6 is 11.6 Å². The Balaban J connectivity index is 2.08. The molecule has 0 unspecified atom stereocenters. The lowest BCUT2D eigenvalue weighted by Crippen LogP contribution is -1.96. The number of aromatic nitrogens is 1. The summed E-state index contributed by atoms with van der Waals surface area (Å²) in [6.45, 7) is 2.46. The number of ether oxygens (including phenoxy) is 1. The molecule has 82 valence electrons. The van der Waals surface area contributed by atoms with E-state index in [-0.39, 0.29) is 0 Å². The summed E-state index contributed by atoms with van der Waals surface area (Å²) in [4.78, 5) is 4.03. The molecule has 2 aromatic rings. The van der Waals surface area contributed by atoms with E-state index in [2.05, 4.69) is 4.98 Å². The molecular weight excluding hydrogens is 222 g/mol. The number of aryl methyl sites for hydroxylation is 1. The average molecular weight is 234 g/mol. The second kappa shape index (κ2) is 4.99. The third-order valence-electron chi connectivity index (χ3n) is 2.18. The molecule has 1 aromatic heterocycles. The number of halogens is 1. The van der Waals surface area contributed by atoms with Gasteiger partial charge in [0.15, 0.2) is 10.9 Å². The molecule has 16 heavy (non-hydrogen) atoms. The van der Waals surface area contributed by atoms with Crippen molar-refractivity contribution in [2.75, 3.05) is 0 Å². The average Bonchev–Trinajstić information content (AvgIpc) is 2.32. The molecule has 0 fully saturated rings. The minimum absolute atomic E-state index is 0.404. The second-order valence-electron chi connectivity index (χ2n) is 3.58. The Hall–Kier alpha value is -1.54. The first-order chi connectivity index (χ1) is 7.75. The molecule has 0 atom stereocenters. The summed E-state index contributed by atoms with van der Waals surface area (Å²) < 4.78 is 5.61. The van der Waals surface area contributed by atoms with Crippen LogP contribution in [0.2, 0.25) is 5.15 Å². The number of hydrogen-bond donors (Lipinski definition) is 0. The molecule has 1 heterocycles. The lowest BCUT2D eigenvalue weighted by atomic mass is 10.2. The molecule has 0 radical (unpaired) electrons. The molecule has 0 saturated carbocycles. The zero-order valence-corrected chi connectivity index (χ0v) is 9.74. The largest absolute Gasteiger partial charge is 0.486 e. The standard InChI is InChI=1S/C13H12ClNO/c1-10-7-12(13(14)15-8-10)16-9-11-5-3-2-4-6-11/h2-8H,9H2,1H3. The minimum atomic E-state index is 0.404. The van der Waals surface area contributed by atoms with Gasteiger partial charge in [-0.15, -0.1) is 0 Å². The van der Waals surface area contributed by atoms with Gasteiger partial charge in [-0.05, 0) is 24.1 Å². The predicted molar refractivity (Wildman–Crippen MR) is 64.8 cm³/mol. The molecular formula is C13H12ClNO. The summed E-state index contributed by atoms with van der Waals surface area (Å²) in [7, 11) is 0. The molecule has 3 heteroatoms. The first-order valence-corrected chi connectivity index (χ1v) is 5.42. The highest BCUT2D eigenvalue weighted by Crippen LogP contribution is 2.23. The highest BCUT2D eigenvalue weighted by molar-refractivity contribution is 6.30. The summed E-state index contributed by atoms with van der Waals surface area (Å²) >= 11 is 5.93. The van der Waals surface area contributed by atoms with Gasteiger partial charge in [0.25, 0.3) is 0 Å². The van der Waals surface area contributed by atoms with Crippen LogP contribution in [0.5, 0.6) is 5.75 Å². The first kappa shape index (κ1) is 11.0. The fraction of sp³-hybridized carbons (Fsp3) is 0.154. The molecule has 0 aliphatic heterocycles. The third kappa shape index (κ3) is 2.74. The monoisotopic (exact) mass is 233 g/mol. The van der Waals surface area contributed by atoms with Crippen molar-refractivity contribution in [2.45, 2.75) is 13.5 Å². The highest BCUT2D eigenvalue weighted by Gasteiger charge is 2.03. The second-order valence-corrected chi connectivity index (χ2v) is 3.93. The van der Waals surface area contributed by atoms with Crippen LogP contribution in [-0.2, 0) is 6.61 Å². The Kier molecular flexibility index (Phi) is 3.42. The number of hydrogen-bond acceptors (Lipinski definition) is 2. The molecule has 2 rings (SSSR count). The zero-order valence-electron chi connectivity index (χ0n) is 8.98. The van der Waals surface area contributed by atoms with Crippen LogP contribution in [0.4, 0.5) is 0 Å². The third-order valence-corrected chi connectivity index (χ3v) is 2.46. The van der Waals surface area contributed by atoms with Gasteiger partial charge in [0.2, 0.25) is 0 Å². The van der Waals surface area contributed by atoms with Crippen LogP contribution in [0.25, 0.3) is 0 Å². The lowest BCUT2D eigenvalue weighted by Gasteiger charge is -2.07. The van der Waals surface area contributed by atoms with Crippen molar-refractivity contribution >= 4 is 11.6 Å². The van der Waals surface area contributed by atoms with Crippen LogP contribution in [0.1, 0.15) is 11.1 Å². The number of pyridine rings is 1. The number of rotatable bonds is 3. The Morgan fingerprint density at radius 2 is 2.00 bits per heavy atom. The highest BCUT2D eigenvalue weighted by atomic mass is 35.5. The van der Waals surface area contributed by atoms with Crippen molar-refractivity contribution in [2.24, 2.45) is 0 Å². The van der Waals surface area contributed by atoms with Crippen LogP contribution in [-0.4, -0.2) is 4.98 Å². The Bertz CT molecular complexity index is 471. The lowest BCUT2D eigenvalue weighted by molar-refractivity contribution is 0.305. The van der Waals surface area contributed by atoms with Gasteiger partial charge in [-0.1, -0.05) is 41.9 Å². The fourth-order valence-corrected chi connectivity index (χ4v) is 1.52. The van der Waals surface area contributed by atoms with Gasteiger partial charge < -0.3 is 4.74 Å². The van der Waals surface area contributed by atoms with Gasteiger partial charge >= 0.3 is 0 Å². The van der Waals surface area contributed by atoms with Gasteiger partial charge in [0.05, 0.1) is 0 Å². The van der Waals surface area contributed by atoms with E-state index >= 15 is 0 Å². The Morgan fingerprint density at radius 1 is 1.25 bits per heavy atom. The van der Waals surface area contributed by atoms with Crippen molar-refractivity contribution in [1.82, 2.24) is 4.98 Å². The maximum atomic E-state index is 5.93.